The van der Waals surface area contributed by atoms with E-state index in [0.29, 0.717) is 29.0 Å². The summed E-state index contributed by atoms with van der Waals surface area (Å²) in [6, 6.07) is 5.39. The average molecular weight is 199 g/mol. The Kier molecular flexibility index (Phi) is 3.49. The van der Waals surface area contributed by atoms with E-state index in [1.807, 2.05) is 6.07 Å². The summed E-state index contributed by atoms with van der Waals surface area (Å²) in [7, 11) is 0. The van der Waals surface area contributed by atoms with Crippen LogP contribution in [0.25, 0.3) is 0 Å². The van der Waals surface area contributed by atoms with Gasteiger partial charge in [-0.2, -0.15) is 0 Å². The van der Waals surface area contributed by atoms with Gasteiger partial charge in [0.25, 0.3) is 0 Å². The minimum atomic E-state index is -0.125. The summed E-state index contributed by atoms with van der Waals surface area (Å²) in [5.74, 6) is -0.125. The fourth-order valence-electron chi connectivity index (χ4n) is 1.17. The molecule has 0 fully saturated rings. The molecule has 0 nitrogen and oxygen atoms in total. The van der Waals surface area contributed by atoms with Crippen LogP contribution in [0.3, 0.4) is 0 Å². The Morgan fingerprint density at radius 2 is 2.23 bits per heavy atom. The molecule has 0 amide bonds. The third-order valence-electron chi connectivity index (χ3n) is 1.94. The van der Waals surface area contributed by atoms with Gasteiger partial charge in [0.15, 0.2) is 0 Å². The van der Waals surface area contributed by atoms with Crippen LogP contribution in [-0.2, 0) is 6.42 Å². The van der Waals surface area contributed by atoms with Crippen molar-refractivity contribution < 1.29 is 4.39 Å². The van der Waals surface area contributed by atoms with Crippen LogP contribution < -0.4 is 0 Å². The van der Waals surface area contributed by atoms with Crippen molar-refractivity contribution in [1.82, 2.24) is 0 Å². The summed E-state index contributed by atoms with van der Waals surface area (Å²) in [6.45, 7) is 5.32. The SMILES string of the molecule is C=C(Cl)CCc1cccc(C)c1F. The Hall–Kier alpha value is -0.820. The van der Waals surface area contributed by atoms with Gasteiger partial charge in [0, 0.05) is 5.03 Å². The molecule has 1 aromatic rings. The highest BCUT2D eigenvalue weighted by Gasteiger charge is 2.03. The van der Waals surface area contributed by atoms with E-state index in [0.717, 1.165) is 0 Å². The molecule has 0 N–H and O–H groups in total. The van der Waals surface area contributed by atoms with Gasteiger partial charge >= 0.3 is 0 Å². The highest BCUT2D eigenvalue weighted by Crippen LogP contribution is 2.16. The van der Waals surface area contributed by atoms with E-state index in [9.17, 15) is 4.39 Å². The molecular formula is C11H12ClF. The quantitative estimate of drug-likeness (QED) is 0.693. The van der Waals surface area contributed by atoms with Crippen molar-refractivity contribution in [2.45, 2.75) is 19.8 Å². The first-order valence-corrected chi connectivity index (χ1v) is 4.56. The Balaban J connectivity index is 2.77. The molecule has 1 rings (SSSR count). The van der Waals surface area contributed by atoms with E-state index in [1.165, 1.54) is 0 Å². The van der Waals surface area contributed by atoms with Gasteiger partial charge in [0.1, 0.15) is 5.82 Å². The van der Waals surface area contributed by atoms with Crippen LogP contribution in [0.4, 0.5) is 4.39 Å². The second kappa shape index (κ2) is 4.43. The van der Waals surface area contributed by atoms with Crippen molar-refractivity contribution in [3.05, 3.63) is 46.8 Å². The van der Waals surface area contributed by atoms with E-state index in [1.54, 1.807) is 19.1 Å². The summed E-state index contributed by atoms with van der Waals surface area (Å²) >= 11 is 5.60. The third kappa shape index (κ3) is 2.85. The van der Waals surface area contributed by atoms with Crippen molar-refractivity contribution in [1.29, 1.82) is 0 Å². The molecule has 0 aromatic heterocycles. The molecular weight excluding hydrogens is 187 g/mol. The lowest BCUT2D eigenvalue weighted by Gasteiger charge is -2.04. The van der Waals surface area contributed by atoms with E-state index < -0.39 is 0 Å². The number of allylic oxidation sites excluding steroid dienone is 1. The molecule has 0 spiro atoms. The summed E-state index contributed by atoms with van der Waals surface area (Å²) in [5.41, 5.74) is 1.39. The highest BCUT2D eigenvalue weighted by molar-refractivity contribution is 6.29. The molecule has 0 radical (unpaired) electrons. The lowest BCUT2D eigenvalue weighted by atomic mass is 10.1. The molecule has 70 valence electrons. The molecule has 0 aliphatic carbocycles. The first-order chi connectivity index (χ1) is 6.11. The van der Waals surface area contributed by atoms with Crippen molar-refractivity contribution in [2.75, 3.05) is 0 Å². The van der Waals surface area contributed by atoms with Crippen LogP contribution in [-0.4, -0.2) is 0 Å². The van der Waals surface area contributed by atoms with Crippen molar-refractivity contribution >= 4 is 11.6 Å². The molecule has 0 saturated heterocycles. The Labute approximate surface area is 83.0 Å². The van der Waals surface area contributed by atoms with Gasteiger partial charge in [0.05, 0.1) is 0 Å². The molecule has 13 heavy (non-hydrogen) atoms. The third-order valence-corrected chi connectivity index (χ3v) is 2.13. The Morgan fingerprint density at radius 1 is 1.54 bits per heavy atom. The van der Waals surface area contributed by atoms with Gasteiger partial charge in [-0.05, 0) is 30.9 Å². The smallest absolute Gasteiger partial charge is 0.129 e. The first-order valence-electron chi connectivity index (χ1n) is 4.18. The summed E-state index contributed by atoms with van der Waals surface area (Å²) in [4.78, 5) is 0. The van der Waals surface area contributed by atoms with Gasteiger partial charge in [-0.3, -0.25) is 0 Å². The number of rotatable bonds is 3. The maximum absolute atomic E-state index is 13.4. The van der Waals surface area contributed by atoms with Crippen LogP contribution >= 0.6 is 11.6 Å². The van der Waals surface area contributed by atoms with E-state index in [-0.39, 0.29) is 5.82 Å². The second-order valence-electron chi connectivity index (χ2n) is 3.07. The monoisotopic (exact) mass is 198 g/mol. The van der Waals surface area contributed by atoms with Crippen LogP contribution in [0.15, 0.2) is 29.8 Å². The van der Waals surface area contributed by atoms with E-state index in [4.69, 9.17) is 11.6 Å². The largest absolute Gasteiger partial charge is 0.206 e. The average Bonchev–Trinajstić information content (AvgIpc) is 2.07. The standard InChI is InChI=1S/C11H12ClF/c1-8-4-3-5-10(11(8)13)7-6-9(2)12/h3-5H,2,6-7H2,1H3. The zero-order valence-corrected chi connectivity index (χ0v) is 8.37. The zero-order valence-electron chi connectivity index (χ0n) is 7.61. The number of halogens is 2. The summed E-state index contributed by atoms with van der Waals surface area (Å²) < 4.78 is 13.4. The molecule has 0 atom stereocenters. The molecule has 0 unspecified atom stereocenters. The predicted octanol–water partition coefficient (Wildman–Crippen LogP) is 3.82. The fraction of sp³-hybridized carbons (Fsp3) is 0.273. The van der Waals surface area contributed by atoms with Crippen LogP contribution in [0.1, 0.15) is 17.5 Å². The molecule has 0 heterocycles. The fourth-order valence-corrected chi connectivity index (χ4v) is 1.27. The van der Waals surface area contributed by atoms with E-state index in [2.05, 4.69) is 6.58 Å². The first kappa shape index (κ1) is 10.3. The number of benzene rings is 1. The van der Waals surface area contributed by atoms with Gasteiger partial charge < -0.3 is 0 Å². The van der Waals surface area contributed by atoms with Crippen LogP contribution in [0.2, 0.25) is 0 Å². The minimum absolute atomic E-state index is 0.125. The molecule has 1 aromatic carbocycles. The predicted molar refractivity (Wildman–Crippen MR) is 54.5 cm³/mol. The highest BCUT2D eigenvalue weighted by atomic mass is 35.5. The van der Waals surface area contributed by atoms with Gasteiger partial charge in [-0.1, -0.05) is 36.4 Å². The zero-order chi connectivity index (χ0) is 9.84. The Morgan fingerprint density at radius 3 is 2.85 bits per heavy atom. The van der Waals surface area contributed by atoms with Crippen LogP contribution in [0, 0.1) is 12.7 Å². The maximum atomic E-state index is 13.4. The summed E-state index contributed by atoms with van der Waals surface area (Å²) in [5, 5.41) is 0.570. The van der Waals surface area contributed by atoms with Gasteiger partial charge in [-0.15, -0.1) is 0 Å². The topological polar surface area (TPSA) is 0 Å². The molecule has 2 heteroatoms. The lowest BCUT2D eigenvalue weighted by molar-refractivity contribution is 0.600. The van der Waals surface area contributed by atoms with Crippen molar-refractivity contribution in [2.24, 2.45) is 0 Å². The normalized spacial score (nSPS) is 10.1. The second-order valence-corrected chi connectivity index (χ2v) is 3.60. The van der Waals surface area contributed by atoms with Crippen LogP contribution in [0.5, 0.6) is 0 Å². The van der Waals surface area contributed by atoms with Gasteiger partial charge in [-0.25, -0.2) is 4.39 Å². The maximum Gasteiger partial charge on any atom is 0.129 e. The molecule has 0 aliphatic heterocycles. The van der Waals surface area contributed by atoms with Gasteiger partial charge in [0.2, 0.25) is 0 Å². The molecule has 0 saturated carbocycles. The molecule has 0 aliphatic rings. The lowest BCUT2D eigenvalue weighted by Crippen LogP contribution is -1.93. The summed E-state index contributed by atoms with van der Waals surface area (Å²) in [6.07, 6.45) is 1.25. The number of hydrogen-bond donors (Lipinski definition) is 0. The molecule has 0 bridgehead atoms. The number of hydrogen-bond acceptors (Lipinski definition) is 0. The van der Waals surface area contributed by atoms with Crippen molar-refractivity contribution in [3.63, 3.8) is 0 Å². The number of aryl methyl sites for hydroxylation is 2. The van der Waals surface area contributed by atoms with E-state index >= 15 is 0 Å². The Bertz CT molecular complexity index is 318. The van der Waals surface area contributed by atoms with Crippen molar-refractivity contribution in [3.8, 4) is 0 Å². The minimum Gasteiger partial charge on any atom is -0.206 e.